The van der Waals surface area contributed by atoms with Crippen LogP contribution in [0.2, 0.25) is 0 Å². The topological polar surface area (TPSA) is 34.9 Å². The minimum absolute atomic E-state index is 0.119. The van der Waals surface area contributed by atoms with Crippen LogP contribution in [0.5, 0.6) is 0 Å². The van der Waals surface area contributed by atoms with Crippen molar-refractivity contribution in [3.63, 3.8) is 0 Å². The number of rotatable bonds is 4. The van der Waals surface area contributed by atoms with Crippen molar-refractivity contribution >= 4 is 33.4 Å². The van der Waals surface area contributed by atoms with Crippen LogP contribution in [0.3, 0.4) is 0 Å². The molecule has 0 radical (unpaired) electrons. The Hall–Kier alpha value is -0.870. The second kappa shape index (κ2) is 5.63. The van der Waals surface area contributed by atoms with E-state index < -0.39 is 10.8 Å². The van der Waals surface area contributed by atoms with E-state index in [2.05, 4.69) is 29.5 Å². The van der Waals surface area contributed by atoms with Crippen LogP contribution in [-0.4, -0.2) is 25.8 Å². The summed E-state index contributed by atoms with van der Waals surface area (Å²) < 4.78 is 13.6. The Balaban J connectivity index is 2.67. The van der Waals surface area contributed by atoms with Gasteiger partial charge in [0.05, 0.1) is 16.4 Å². The molecule has 0 amide bonds. The minimum atomic E-state index is -0.843. The smallest absolute Gasteiger partial charge is 0.127 e. The van der Waals surface area contributed by atoms with Gasteiger partial charge in [-0.05, 0) is 32.4 Å². The van der Waals surface area contributed by atoms with Gasteiger partial charge in [0.2, 0.25) is 0 Å². The fourth-order valence-corrected chi connectivity index (χ4v) is 3.46. The van der Waals surface area contributed by atoms with Gasteiger partial charge in [-0.15, -0.1) is 11.6 Å². The molecule has 1 aromatic carbocycles. The molecule has 2 aromatic rings. The number of aromatic nitrogens is 2. The zero-order valence-electron chi connectivity index (χ0n) is 11.7. The van der Waals surface area contributed by atoms with Gasteiger partial charge in [0.1, 0.15) is 5.82 Å². The molecular formula is C14H19ClN2OS. The Morgan fingerprint density at radius 3 is 2.68 bits per heavy atom. The Morgan fingerprint density at radius 2 is 2.11 bits per heavy atom. The van der Waals surface area contributed by atoms with E-state index in [-0.39, 0.29) is 11.4 Å². The molecule has 3 nitrogen and oxygen atoms in total. The van der Waals surface area contributed by atoms with Gasteiger partial charge in [-0.2, -0.15) is 0 Å². The number of para-hydroxylation sites is 1. The van der Waals surface area contributed by atoms with Crippen LogP contribution in [0.4, 0.5) is 0 Å². The summed E-state index contributed by atoms with van der Waals surface area (Å²) in [5, 5.41) is -0.167. The number of aryl methyl sites for hydroxylation is 1. The van der Waals surface area contributed by atoms with E-state index in [0.717, 1.165) is 16.9 Å². The van der Waals surface area contributed by atoms with Crippen LogP contribution in [0.25, 0.3) is 11.0 Å². The number of halogens is 1. The lowest BCUT2D eigenvalue weighted by molar-refractivity contribution is 0.582. The predicted molar refractivity (Wildman–Crippen MR) is 82.4 cm³/mol. The number of hydrogen-bond acceptors (Lipinski definition) is 2. The van der Waals surface area contributed by atoms with Crippen LogP contribution in [0.15, 0.2) is 18.2 Å². The third-order valence-corrected chi connectivity index (χ3v) is 4.36. The molecule has 0 bridgehead atoms. The second-order valence-corrected chi connectivity index (χ2v) is 7.12. The molecule has 0 spiro atoms. The lowest BCUT2D eigenvalue weighted by Crippen LogP contribution is -2.16. The standard InChI is InChI=1S/C14H19ClN2OS/c1-9-6-5-7-12-13(9)17(10(2)8-19(4)18)14(16-12)11(3)15/h5-7,10-11H,8H2,1-4H3. The van der Waals surface area contributed by atoms with E-state index in [1.165, 1.54) is 5.56 Å². The molecule has 5 heteroatoms. The SMILES string of the molecule is Cc1cccc2nc(C(C)Cl)n(C(C)CS(C)=O)c12. The van der Waals surface area contributed by atoms with E-state index in [9.17, 15) is 4.21 Å². The molecule has 19 heavy (non-hydrogen) atoms. The van der Waals surface area contributed by atoms with E-state index in [0.29, 0.717) is 5.75 Å². The fraction of sp³-hybridized carbons (Fsp3) is 0.500. The van der Waals surface area contributed by atoms with E-state index in [1.54, 1.807) is 6.26 Å². The molecule has 3 unspecified atom stereocenters. The van der Waals surface area contributed by atoms with Crippen LogP contribution in [0.1, 0.15) is 36.7 Å². The van der Waals surface area contributed by atoms with Crippen LogP contribution < -0.4 is 0 Å². The van der Waals surface area contributed by atoms with Gasteiger partial charge in [0.25, 0.3) is 0 Å². The molecule has 0 aliphatic heterocycles. The normalized spacial score (nSPS) is 16.5. The maximum Gasteiger partial charge on any atom is 0.127 e. The van der Waals surface area contributed by atoms with Crippen molar-refractivity contribution in [1.29, 1.82) is 0 Å². The molecule has 1 heterocycles. The number of alkyl halides is 1. The van der Waals surface area contributed by atoms with Crippen LogP contribution in [-0.2, 0) is 10.8 Å². The summed E-state index contributed by atoms with van der Waals surface area (Å²) in [5.74, 6) is 1.46. The summed E-state index contributed by atoms with van der Waals surface area (Å²) >= 11 is 6.25. The molecule has 2 rings (SSSR count). The summed E-state index contributed by atoms with van der Waals surface area (Å²) in [4.78, 5) is 4.63. The first-order valence-electron chi connectivity index (χ1n) is 6.33. The quantitative estimate of drug-likeness (QED) is 0.809. The summed E-state index contributed by atoms with van der Waals surface area (Å²) in [6.07, 6.45) is 1.73. The third kappa shape index (κ3) is 2.84. The summed E-state index contributed by atoms with van der Waals surface area (Å²) in [6, 6.07) is 6.18. The van der Waals surface area contributed by atoms with Gasteiger partial charge in [0.15, 0.2) is 0 Å². The van der Waals surface area contributed by atoms with Crippen molar-refractivity contribution in [3.05, 3.63) is 29.6 Å². The number of benzene rings is 1. The molecular weight excluding hydrogens is 280 g/mol. The van der Waals surface area contributed by atoms with Crippen LogP contribution >= 0.6 is 11.6 Å². The molecule has 0 saturated heterocycles. The van der Waals surface area contributed by atoms with Gasteiger partial charge in [-0.1, -0.05) is 12.1 Å². The summed E-state index contributed by atoms with van der Waals surface area (Å²) in [6.45, 7) is 6.06. The third-order valence-electron chi connectivity index (χ3n) is 3.21. The zero-order chi connectivity index (χ0) is 14.2. The highest BCUT2D eigenvalue weighted by molar-refractivity contribution is 7.84. The molecule has 3 atom stereocenters. The first kappa shape index (κ1) is 14.5. The Kier molecular flexibility index (Phi) is 4.31. The van der Waals surface area contributed by atoms with Crippen molar-refractivity contribution in [1.82, 2.24) is 9.55 Å². The van der Waals surface area contributed by atoms with Gasteiger partial charge in [0, 0.05) is 28.9 Å². The van der Waals surface area contributed by atoms with E-state index in [1.807, 2.05) is 19.1 Å². The highest BCUT2D eigenvalue weighted by Crippen LogP contribution is 2.30. The predicted octanol–water partition coefficient (Wildman–Crippen LogP) is 3.58. The average molecular weight is 299 g/mol. The van der Waals surface area contributed by atoms with Gasteiger partial charge >= 0.3 is 0 Å². The van der Waals surface area contributed by atoms with E-state index >= 15 is 0 Å². The van der Waals surface area contributed by atoms with Gasteiger partial charge in [-0.3, -0.25) is 4.21 Å². The van der Waals surface area contributed by atoms with Crippen molar-refractivity contribution in [2.24, 2.45) is 0 Å². The van der Waals surface area contributed by atoms with Crippen molar-refractivity contribution in [2.45, 2.75) is 32.2 Å². The largest absolute Gasteiger partial charge is 0.323 e. The Morgan fingerprint density at radius 1 is 1.42 bits per heavy atom. The summed E-state index contributed by atoms with van der Waals surface area (Å²) in [5.41, 5.74) is 3.22. The maximum atomic E-state index is 11.5. The molecule has 0 aliphatic rings. The first-order valence-corrected chi connectivity index (χ1v) is 8.49. The van der Waals surface area contributed by atoms with Gasteiger partial charge in [-0.25, -0.2) is 4.98 Å². The highest BCUT2D eigenvalue weighted by atomic mass is 35.5. The van der Waals surface area contributed by atoms with E-state index in [4.69, 9.17) is 11.6 Å². The fourth-order valence-electron chi connectivity index (χ4n) is 2.48. The molecule has 0 saturated carbocycles. The second-order valence-electron chi connectivity index (χ2n) is 4.99. The Bertz CT molecular complexity index is 621. The Labute approximate surface area is 121 Å². The number of hydrogen-bond donors (Lipinski definition) is 0. The molecule has 0 fully saturated rings. The molecule has 0 N–H and O–H groups in total. The summed E-state index contributed by atoms with van der Waals surface area (Å²) in [7, 11) is -0.843. The zero-order valence-corrected chi connectivity index (χ0v) is 13.3. The number of imidazole rings is 1. The first-order chi connectivity index (χ1) is 8.91. The maximum absolute atomic E-state index is 11.5. The van der Waals surface area contributed by atoms with Gasteiger partial charge < -0.3 is 4.57 Å². The average Bonchev–Trinajstić information content (AvgIpc) is 2.68. The monoisotopic (exact) mass is 298 g/mol. The molecule has 0 aliphatic carbocycles. The van der Waals surface area contributed by atoms with Crippen LogP contribution in [0, 0.1) is 6.92 Å². The van der Waals surface area contributed by atoms with Crippen molar-refractivity contribution in [2.75, 3.05) is 12.0 Å². The molecule has 1 aromatic heterocycles. The van der Waals surface area contributed by atoms with Crippen molar-refractivity contribution < 1.29 is 4.21 Å². The minimum Gasteiger partial charge on any atom is -0.323 e. The number of fused-ring (bicyclic) bond motifs is 1. The van der Waals surface area contributed by atoms with Crippen molar-refractivity contribution in [3.8, 4) is 0 Å². The molecule has 104 valence electrons. The highest BCUT2D eigenvalue weighted by Gasteiger charge is 2.20. The lowest BCUT2D eigenvalue weighted by atomic mass is 10.2. The lowest BCUT2D eigenvalue weighted by Gasteiger charge is -2.18. The number of nitrogens with zero attached hydrogens (tertiary/aromatic N) is 2.